The Labute approximate surface area is 97.9 Å². The van der Waals surface area contributed by atoms with E-state index in [0.717, 1.165) is 19.4 Å². The molecule has 0 radical (unpaired) electrons. The van der Waals surface area contributed by atoms with Crippen LogP contribution in [0, 0.1) is 5.92 Å². The zero-order chi connectivity index (χ0) is 11.8. The summed E-state index contributed by atoms with van der Waals surface area (Å²) in [6.07, 6.45) is 2.48. The van der Waals surface area contributed by atoms with Gasteiger partial charge in [0, 0.05) is 5.92 Å². The lowest BCUT2D eigenvalue weighted by Crippen LogP contribution is -2.43. The molecule has 16 heavy (non-hydrogen) atoms. The van der Waals surface area contributed by atoms with Gasteiger partial charge in [0.1, 0.15) is 0 Å². The van der Waals surface area contributed by atoms with Gasteiger partial charge in [0.05, 0.1) is 45.2 Å². The second-order valence-electron chi connectivity index (χ2n) is 4.20. The fourth-order valence-electron chi connectivity index (χ4n) is 1.73. The molecule has 1 saturated heterocycles. The van der Waals surface area contributed by atoms with Gasteiger partial charge in [-0.05, 0) is 12.8 Å². The molecule has 0 amide bonds. The summed E-state index contributed by atoms with van der Waals surface area (Å²) in [5, 5.41) is 8.60. The minimum absolute atomic E-state index is 0.0695. The van der Waals surface area contributed by atoms with Crippen LogP contribution >= 0.6 is 0 Å². The molecule has 0 aromatic carbocycles. The molecule has 3 unspecified atom stereocenters. The molecule has 96 valence electrons. The number of rotatable bonds is 9. The number of aliphatic hydroxyl groups is 1. The van der Waals surface area contributed by atoms with Crippen LogP contribution in [0.1, 0.15) is 26.7 Å². The van der Waals surface area contributed by atoms with Crippen molar-refractivity contribution >= 4 is 0 Å². The van der Waals surface area contributed by atoms with Crippen LogP contribution in [0.15, 0.2) is 0 Å². The van der Waals surface area contributed by atoms with Crippen molar-refractivity contribution in [3.63, 3.8) is 0 Å². The van der Waals surface area contributed by atoms with Gasteiger partial charge in [0.25, 0.3) is 0 Å². The lowest BCUT2D eigenvalue weighted by atomic mass is 9.96. The van der Waals surface area contributed by atoms with Crippen LogP contribution in [-0.2, 0) is 14.2 Å². The van der Waals surface area contributed by atoms with Crippen LogP contribution in [0.5, 0.6) is 0 Å². The summed E-state index contributed by atoms with van der Waals surface area (Å²) in [4.78, 5) is 0. The topological polar surface area (TPSA) is 47.9 Å². The molecule has 0 aliphatic carbocycles. The Hall–Kier alpha value is -0.160. The zero-order valence-corrected chi connectivity index (χ0v) is 10.4. The van der Waals surface area contributed by atoms with E-state index >= 15 is 0 Å². The summed E-state index contributed by atoms with van der Waals surface area (Å²) in [7, 11) is 0. The van der Waals surface area contributed by atoms with E-state index in [4.69, 9.17) is 19.3 Å². The molecule has 1 rings (SSSR count). The van der Waals surface area contributed by atoms with Crippen LogP contribution in [-0.4, -0.2) is 50.3 Å². The van der Waals surface area contributed by atoms with Gasteiger partial charge < -0.3 is 19.3 Å². The average molecular weight is 232 g/mol. The highest BCUT2D eigenvalue weighted by Gasteiger charge is 2.31. The van der Waals surface area contributed by atoms with Crippen molar-refractivity contribution in [3.8, 4) is 0 Å². The first kappa shape index (κ1) is 13.9. The molecule has 0 aromatic heterocycles. The van der Waals surface area contributed by atoms with Crippen LogP contribution in [0.2, 0.25) is 0 Å². The van der Waals surface area contributed by atoms with E-state index in [0.29, 0.717) is 25.7 Å². The fraction of sp³-hybridized carbons (Fsp3) is 1.00. The molecule has 0 spiro atoms. The molecule has 1 aliphatic heterocycles. The maximum absolute atomic E-state index is 8.60. The first-order valence-electron chi connectivity index (χ1n) is 6.23. The smallest absolute Gasteiger partial charge is 0.0858 e. The fourth-order valence-corrected chi connectivity index (χ4v) is 1.73. The Bertz CT molecular complexity index is 172. The predicted molar refractivity (Wildman–Crippen MR) is 61.5 cm³/mol. The number of aliphatic hydroxyl groups excluding tert-OH is 1. The molecule has 3 atom stereocenters. The van der Waals surface area contributed by atoms with E-state index in [9.17, 15) is 0 Å². The third-order valence-electron chi connectivity index (χ3n) is 3.07. The molecule has 4 nitrogen and oxygen atoms in total. The van der Waals surface area contributed by atoms with Crippen molar-refractivity contribution in [2.24, 2.45) is 5.92 Å². The highest BCUT2D eigenvalue weighted by molar-refractivity contribution is 4.77. The molecule has 4 heteroatoms. The van der Waals surface area contributed by atoms with Crippen LogP contribution in [0.25, 0.3) is 0 Å². The molecular formula is C12H24O4. The maximum atomic E-state index is 8.60. The largest absolute Gasteiger partial charge is 0.394 e. The van der Waals surface area contributed by atoms with Crippen molar-refractivity contribution < 1.29 is 19.3 Å². The predicted octanol–water partition coefficient (Wildman–Crippen LogP) is 1.22. The van der Waals surface area contributed by atoms with Crippen molar-refractivity contribution in [3.05, 3.63) is 0 Å². The summed E-state index contributed by atoms with van der Waals surface area (Å²) in [6.45, 7) is 6.81. The maximum Gasteiger partial charge on any atom is 0.0858 e. The minimum atomic E-state index is 0.0695. The van der Waals surface area contributed by atoms with Gasteiger partial charge in [-0.15, -0.1) is 0 Å². The Morgan fingerprint density at radius 3 is 2.75 bits per heavy atom. The Morgan fingerprint density at radius 1 is 1.44 bits per heavy atom. The molecule has 1 N–H and O–H groups in total. The first-order valence-corrected chi connectivity index (χ1v) is 6.23. The van der Waals surface area contributed by atoms with Crippen LogP contribution < -0.4 is 0 Å². The van der Waals surface area contributed by atoms with Gasteiger partial charge in [0.2, 0.25) is 0 Å². The third-order valence-corrected chi connectivity index (χ3v) is 3.07. The van der Waals surface area contributed by atoms with Crippen LogP contribution in [0.3, 0.4) is 0 Å². The lowest BCUT2D eigenvalue weighted by molar-refractivity contribution is -0.162. The van der Waals surface area contributed by atoms with Crippen molar-refractivity contribution in [2.45, 2.75) is 38.9 Å². The monoisotopic (exact) mass is 232 g/mol. The van der Waals surface area contributed by atoms with Gasteiger partial charge in [0.15, 0.2) is 0 Å². The average Bonchev–Trinajstić information content (AvgIpc) is 2.26. The van der Waals surface area contributed by atoms with Gasteiger partial charge >= 0.3 is 0 Å². The molecule has 1 aliphatic rings. The summed E-state index contributed by atoms with van der Waals surface area (Å²) in [5.41, 5.74) is 0. The van der Waals surface area contributed by atoms with E-state index in [1.165, 1.54) is 0 Å². The van der Waals surface area contributed by atoms with E-state index in [-0.39, 0.29) is 18.8 Å². The summed E-state index contributed by atoms with van der Waals surface area (Å²) < 4.78 is 16.4. The normalized spacial score (nSPS) is 26.4. The summed E-state index contributed by atoms with van der Waals surface area (Å²) in [6, 6.07) is 0. The number of hydrogen-bond acceptors (Lipinski definition) is 4. The Kier molecular flexibility index (Phi) is 6.96. The van der Waals surface area contributed by atoms with Crippen molar-refractivity contribution in [2.75, 3.05) is 33.0 Å². The Balaban J connectivity index is 2.08. The Morgan fingerprint density at radius 2 is 2.25 bits per heavy atom. The molecular weight excluding hydrogens is 208 g/mol. The second-order valence-corrected chi connectivity index (χ2v) is 4.20. The van der Waals surface area contributed by atoms with Gasteiger partial charge in [-0.1, -0.05) is 13.8 Å². The van der Waals surface area contributed by atoms with Crippen LogP contribution in [0.4, 0.5) is 0 Å². The summed E-state index contributed by atoms with van der Waals surface area (Å²) >= 11 is 0. The summed E-state index contributed by atoms with van der Waals surface area (Å²) in [5.74, 6) is 0.663. The van der Waals surface area contributed by atoms with E-state index in [1.54, 1.807) is 0 Å². The molecule has 0 aromatic rings. The van der Waals surface area contributed by atoms with Crippen molar-refractivity contribution in [1.82, 2.24) is 0 Å². The lowest BCUT2D eigenvalue weighted by Gasteiger charge is -2.36. The molecule has 0 bridgehead atoms. The third kappa shape index (κ3) is 4.37. The number of hydrogen-bond donors (Lipinski definition) is 1. The number of ether oxygens (including phenoxy) is 3. The molecule has 0 saturated carbocycles. The van der Waals surface area contributed by atoms with E-state index in [2.05, 4.69) is 13.8 Å². The first-order chi connectivity index (χ1) is 7.81. The second kappa shape index (κ2) is 8.01. The van der Waals surface area contributed by atoms with E-state index in [1.807, 2.05) is 0 Å². The van der Waals surface area contributed by atoms with Gasteiger partial charge in [-0.3, -0.25) is 0 Å². The molecule has 1 heterocycles. The highest BCUT2D eigenvalue weighted by atomic mass is 16.6. The standard InChI is InChI=1S/C12H24O4/c1-3-10-7-16-12(10)9-15-11(4-2)8-14-6-5-13/h10-13H,3-9H2,1-2H3. The highest BCUT2D eigenvalue weighted by Crippen LogP contribution is 2.24. The SMILES string of the molecule is CCC(COCCO)OCC1OCC1CC. The van der Waals surface area contributed by atoms with E-state index < -0.39 is 0 Å². The zero-order valence-electron chi connectivity index (χ0n) is 10.4. The minimum Gasteiger partial charge on any atom is -0.394 e. The quantitative estimate of drug-likeness (QED) is 0.607. The van der Waals surface area contributed by atoms with Gasteiger partial charge in [-0.25, -0.2) is 0 Å². The van der Waals surface area contributed by atoms with Gasteiger partial charge in [-0.2, -0.15) is 0 Å². The van der Waals surface area contributed by atoms with Crippen molar-refractivity contribution in [1.29, 1.82) is 0 Å². The molecule has 1 fully saturated rings.